The molecule has 0 aliphatic rings. The maximum atomic E-state index is 13.1. The third-order valence-corrected chi connectivity index (χ3v) is 3.60. The number of hydrogen-bond acceptors (Lipinski definition) is 2. The van der Waals surface area contributed by atoms with Crippen LogP contribution in [0, 0.1) is 0 Å². The zero-order valence-corrected chi connectivity index (χ0v) is 11.9. The summed E-state index contributed by atoms with van der Waals surface area (Å²) < 4.78 is 39.3. The van der Waals surface area contributed by atoms with E-state index in [1.165, 1.54) is 24.4 Å². The van der Waals surface area contributed by atoms with Gasteiger partial charge in [0, 0.05) is 22.3 Å². The minimum Gasteiger partial charge on any atom is -0.383 e. The predicted octanol–water partition coefficient (Wildman–Crippen LogP) is 5.31. The maximum Gasteiger partial charge on any atom is 0.420 e. The van der Waals surface area contributed by atoms with E-state index in [4.69, 9.17) is 40.5 Å². The molecule has 0 bridgehead atoms. The zero-order chi connectivity index (χ0) is 15.1. The van der Waals surface area contributed by atoms with Crippen molar-refractivity contribution in [3.63, 3.8) is 0 Å². The summed E-state index contributed by atoms with van der Waals surface area (Å²) in [5.74, 6) is -0.628. The standard InChI is InChI=1S/C12H6Cl3F3N2/c13-7-4-9(15)8(14)3-6(7)5-1-2-20-11(19)10(5)12(16,17)18/h1-4H,(H2,19,20). The van der Waals surface area contributed by atoms with Gasteiger partial charge in [0.25, 0.3) is 0 Å². The molecule has 0 fully saturated rings. The summed E-state index contributed by atoms with van der Waals surface area (Å²) in [5, 5.41) is 0.279. The lowest BCUT2D eigenvalue weighted by Gasteiger charge is -2.16. The molecule has 0 aliphatic heterocycles. The molecule has 1 heterocycles. The first-order chi connectivity index (χ1) is 9.21. The van der Waals surface area contributed by atoms with Crippen molar-refractivity contribution in [1.82, 2.24) is 4.98 Å². The Hall–Kier alpha value is -1.17. The fourth-order valence-corrected chi connectivity index (χ4v) is 2.38. The molecule has 20 heavy (non-hydrogen) atoms. The normalized spacial score (nSPS) is 11.7. The molecule has 0 saturated heterocycles. The summed E-state index contributed by atoms with van der Waals surface area (Å²) in [7, 11) is 0. The minimum atomic E-state index is -4.66. The lowest BCUT2D eigenvalue weighted by atomic mass is 10.0. The highest BCUT2D eigenvalue weighted by Gasteiger charge is 2.37. The third kappa shape index (κ3) is 2.80. The zero-order valence-electron chi connectivity index (χ0n) is 9.60. The number of benzene rings is 1. The number of anilines is 1. The first kappa shape index (κ1) is 15.2. The van der Waals surface area contributed by atoms with Gasteiger partial charge < -0.3 is 5.73 Å². The topological polar surface area (TPSA) is 38.9 Å². The minimum absolute atomic E-state index is 0.0375. The number of nitrogens with two attached hydrogens (primary N) is 1. The highest BCUT2D eigenvalue weighted by atomic mass is 35.5. The van der Waals surface area contributed by atoms with Gasteiger partial charge in [0.05, 0.1) is 10.0 Å². The number of halogens is 6. The van der Waals surface area contributed by atoms with Crippen molar-refractivity contribution in [2.24, 2.45) is 0 Å². The number of pyridine rings is 1. The van der Waals surface area contributed by atoms with Crippen molar-refractivity contribution >= 4 is 40.6 Å². The van der Waals surface area contributed by atoms with Gasteiger partial charge in [-0.3, -0.25) is 0 Å². The van der Waals surface area contributed by atoms with E-state index >= 15 is 0 Å². The van der Waals surface area contributed by atoms with Crippen molar-refractivity contribution in [2.45, 2.75) is 6.18 Å². The monoisotopic (exact) mass is 340 g/mol. The molecule has 2 nitrogen and oxygen atoms in total. The first-order valence-electron chi connectivity index (χ1n) is 5.18. The fraction of sp³-hybridized carbons (Fsp3) is 0.0833. The fourth-order valence-electron chi connectivity index (χ4n) is 1.73. The molecular weight excluding hydrogens is 335 g/mol. The third-order valence-electron chi connectivity index (χ3n) is 2.56. The van der Waals surface area contributed by atoms with Gasteiger partial charge >= 0.3 is 6.18 Å². The Balaban J connectivity index is 2.77. The summed E-state index contributed by atoms with van der Waals surface area (Å²) in [6.07, 6.45) is -3.50. The molecule has 1 aromatic carbocycles. The van der Waals surface area contributed by atoms with Gasteiger partial charge in [0.15, 0.2) is 0 Å². The number of hydrogen-bond donors (Lipinski definition) is 1. The number of aromatic nitrogens is 1. The Kier molecular flexibility index (Phi) is 4.04. The second-order valence-corrected chi connectivity index (χ2v) is 5.08. The van der Waals surface area contributed by atoms with Crippen LogP contribution in [0.4, 0.5) is 19.0 Å². The molecule has 0 spiro atoms. The maximum absolute atomic E-state index is 13.1. The van der Waals surface area contributed by atoms with Gasteiger partial charge in [-0.1, -0.05) is 34.8 Å². The smallest absolute Gasteiger partial charge is 0.383 e. The lowest BCUT2D eigenvalue weighted by Crippen LogP contribution is -2.12. The van der Waals surface area contributed by atoms with E-state index in [2.05, 4.69) is 4.98 Å². The predicted molar refractivity (Wildman–Crippen MR) is 74.1 cm³/mol. The summed E-state index contributed by atoms with van der Waals surface area (Å²) in [6, 6.07) is 3.71. The second-order valence-electron chi connectivity index (χ2n) is 3.86. The molecule has 2 N–H and O–H groups in total. The van der Waals surface area contributed by atoms with Crippen LogP contribution in [0.2, 0.25) is 15.1 Å². The van der Waals surface area contributed by atoms with Crippen LogP contribution in [-0.2, 0) is 6.18 Å². The molecule has 0 saturated carbocycles. The Bertz CT molecular complexity index is 672. The van der Waals surface area contributed by atoms with Crippen LogP contribution in [0.15, 0.2) is 24.4 Å². The number of rotatable bonds is 1. The van der Waals surface area contributed by atoms with E-state index in [9.17, 15) is 13.2 Å². The molecule has 106 valence electrons. The average Bonchev–Trinajstić information content (AvgIpc) is 2.32. The summed E-state index contributed by atoms with van der Waals surface area (Å²) in [5.41, 5.74) is 4.16. The Morgan fingerprint density at radius 2 is 1.55 bits per heavy atom. The van der Waals surface area contributed by atoms with Gasteiger partial charge in [-0.15, -0.1) is 0 Å². The Morgan fingerprint density at radius 3 is 2.15 bits per heavy atom. The largest absolute Gasteiger partial charge is 0.420 e. The van der Waals surface area contributed by atoms with Crippen LogP contribution in [-0.4, -0.2) is 4.98 Å². The molecule has 1 aromatic heterocycles. The molecule has 0 amide bonds. The van der Waals surface area contributed by atoms with Crippen LogP contribution in [0.3, 0.4) is 0 Å². The summed E-state index contributed by atoms with van der Waals surface area (Å²) >= 11 is 17.5. The molecule has 0 aliphatic carbocycles. The Labute approximate surface area is 127 Å². The summed E-state index contributed by atoms with van der Waals surface area (Å²) in [4.78, 5) is 3.46. The number of alkyl halides is 3. The van der Waals surface area contributed by atoms with E-state index < -0.39 is 17.6 Å². The van der Waals surface area contributed by atoms with Crippen molar-refractivity contribution in [1.29, 1.82) is 0 Å². The molecule has 0 atom stereocenters. The number of nitrogen functional groups attached to an aromatic ring is 1. The molecule has 0 unspecified atom stereocenters. The van der Waals surface area contributed by atoms with Crippen LogP contribution in [0.25, 0.3) is 11.1 Å². The van der Waals surface area contributed by atoms with Gasteiger partial charge in [0.1, 0.15) is 11.4 Å². The highest BCUT2D eigenvalue weighted by molar-refractivity contribution is 6.44. The van der Waals surface area contributed by atoms with Gasteiger partial charge in [-0.25, -0.2) is 4.98 Å². The molecular formula is C12H6Cl3F3N2. The first-order valence-corrected chi connectivity index (χ1v) is 6.31. The summed E-state index contributed by atoms with van der Waals surface area (Å²) in [6.45, 7) is 0. The van der Waals surface area contributed by atoms with E-state index in [0.29, 0.717) is 0 Å². The molecule has 0 radical (unpaired) electrons. The van der Waals surface area contributed by atoms with E-state index in [-0.39, 0.29) is 26.2 Å². The van der Waals surface area contributed by atoms with Gasteiger partial charge in [-0.05, 0) is 18.2 Å². The van der Waals surface area contributed by atoms with Crippen molar-refractivity contribution in [3.05, 3.63) is 45.0 Å². The molecule has 2 aromatic rings. The van der Waals surface area contributed by atoms with E-state index in [0.717, 1.165) is 0 Å². The van der Waals surface area contributed by atoms with Gasteiger partial charge in [0.2, 0.25) is 0 Å². The average molecular weight is 342 g/mol. The second kappa shape index (κ2) is 5.31. The quantitative estimate of drug-likeness (QED) is 0.714. The molecule has 2 rings (SSSR count). The van der Waals surface area contributed by atoms with Crippen LogP contribution in [0.1, 0.15) is 5.56 Å². The van der Waals surface area contributed by atoms with Crippen molar-refractivity contribution in [3.8, 4) is 11.1 Å². The van der Waals surface area contributed by atoms with E-state index in [1.54, 1.807) is 0 Å². The van der Waals surface area contributed by atoms with Crippen molar-refractivity contribution < 1.29 is 13.2 Å². The van der Waals surface area contributed by atoms with Crippen LogP contribution in [0.5, 0.6) is 0 Å². The lowest BCUT2D eigenvalue weighted by molar-refractivity contribution is -0.136. The highest BCUT2D eigenvalue weighted by Crippen LogP contribution is 2.43. The van der Waals surface area contributed by atoms with Gasteiger partial charge in [-0.2, -0.15) is 13.2 Å². The van der Waals surface area contributed by atoms with Crippen LogP contribution >= 0.6 is 34.8 Å². The SMILES string of the molecule is Nc1nccc(-c2cc(Cl)c(Cl)cc2Cl)c1C(F)(F)F. The van der Waals surface area contributed by atoms with Crippen molar-refractivity contribution in [2.75, 3.05) is 5.73 Å². The molecule has 8 heteroatoms. The Morgan fingerprint density at radius 1 is 0.950 bits per heavy atom. The van der Waals surface area contributed by atoms with Crippen LogP contribution < -0.4 is 5.73 Å². The number of nitrogens with zero attached hydrogens (tertiary/aromatic N) is 1. The van der Waals surface area contributed by atoms with E-state index in [1.807, 2.05) is 0 Å².